The zero-order chi connectivity index (χ0) is 13.7. The molecule has 0 heterocycles. The molecule has 5 N–H and O–H groups in total. The molecule has 0 aliphatic heterocycles. The monoisotopic (exact) mass is 263 g/mol. The maximum atomic E-state index is 9.23. The second-order valence-electron chi connectivity index (χ2n) is 5.14. The number of oxime groups is 1. The normalized spacial score (nSPS) is 24.8. The lowest BCUT2D eigenvalue weighted by Crippen LogP contribution is -2.39. The van der Waals surface area contributed by atoms with Gasteiger partial charge in [0, 0.05) is 6.54 Å². The lowest BCUT2D eigenvalue weighted by Gasteiger charge is -2.32. The van der Waals surface area contributed by atoms with Gasteiger partial charge in [0.1, 0.15) is 5.84 Å². The molecular weight excluding hydrogens is 242 g/mol. The van der Waals surface area contributed by atoms with Gasteiger partial charge < -0.3 is 21.4 Å². The SMILES string of the molecule is NC(=NO)C(CNCC1CC(O)C1)c1ccccc1. The zero-order valence-corrected chi connectivity index (χ0v) is 10.9. The summed E-state index contributed by atoms with van der Waals surface area (Å²) in [6.07, 6.45) is 1.61. The fraction of sp³-hybridized carbons (Fsp3) is 0.500. The van der Waals surface area contributed by atoms with Crippen LogP contribution >= 0.6 is 0 Å². The number of nitrogens with two attached hydrogens (primary N) is 1. The molecule has 1 aliphatic carbocycles. The van der Waals surface area contributed by atoms with Gasteiger partial charge in [-0.3, -0.25) is 0 Å². The zero-order valence-electron chi connectivity index (χ0n) is 10.9. The molecule has 1 saturated carbocycles. The minimum atomic E-state index is -0.129. The van der Waals surface area contributed by atoms with E-state index in [4.69, 9.17) is 10.9 Å². The van der Waals surface area contributed by atoms with E-state index in [1.54, 1.807) is 0 Å². The van der Waals surface area contributed by atoms with Crippen LogP contribution in [0.15, 0.2) is 35.5 Å². The molecule has 5 heteroatoms. The van der Waals surface area contributed by atoms with Crippen LogP contribution in [0.1, 0.15) is 24.3 Å². The number of amidine groups is 1. The molecule has 0 aromatic heterocycles. The van der Waals surface area contributed by atoms with Gasteiger partial charge >= 0.3 is 0 Å². The predicted octanol–water partition coefficient (Wildman–Crippen LogP) is 0.877. The minimum absolute atomic E-state index is 0.124. The number of aliphatic hydroxyl groups excluding tert-OH is 1. The second kappa shape index (κ2) is 6.54. The van der Waals surface area contributed by atoms with Crippen molar-refractivity contribution in [2.45, 2.75) is 24.9 Å². The maximum Gasteiger partial charge on any atom is 0.147 e. The third kappa shape index (κ3) is 3.68. The molecule has 1 fully saturated rings. The van der Waals surface area contributed by atoms with Crippen LogP contribution in [-0.2, 0) is 0 Å². The van der Waals surface area contributed by atoms with Gasteiger partial charge in [-0.15, -0.1) is 0 Å². The number of aliphatic hydroxyl groups is 1. The summed E-state index contributed by atoms with van der Waals surface area (Å²) >= 11 is 0. The molecule has 1 unspecified atom stereocenters. The van der Waals surface area contributed by atoms with Crippen molar-refractivity contribution in [2.75, 3.05) is 13.1 Å². The molecule has 0 radical (unpaired) electrons. The molecule has 19 heavy (non-hydrogen) atoms. The summed E-state index contributed by atoms with van der Waals surface area (Å²) in [6, 6.07) is 9.76. The highest BCUT2D eigenvalue weighted by Gasteiger charge is 2.27. The van der Waals surface area contributed by atoms with Crippen LogP contribution in [0.2, 0.25) is 0 Å². The first kappa shape index (κ1) is 13.8. The summed E-state index contributed by atoms with van der Waals surface area (Å²) in [4.78, 5) is 0. The fourth-order valence-corrected chi connectivity index (χ4v) is 2.45. The van der Waals surface area contributed by atoms with Gasteiger partial charge in [-0.2, -0.15) is 0 Å². The Bertz CT molecular complexity index is 416. The van der Waals surface area contributed by atoms with Crippen LogP contribution in [0.4, 0.5) is 0 Å². The molecule has 5 nitrogen and oxygen atoms in total. The molecule has 0 bridgehead atoms. The second-order valence-corrected chi connectivity index (χ2v) is 5.14. The van der Waals surface area contributed by atoms with Crippen molar-refractivity contribution < 1.29 is 10.3 Å². The fourth-order valence-electron chi connectivity index (χ4n) is 2.45. The van der Waals surface area contributed by atoms with Gasteiger partial charge in [-0.25, -0.2) is 0 Å². The van der Waals surface area contributed by atoms with Gasteiger partial charge in [-0.1, -0.05) is 35.5 Å². The van der Waals surface area contributed by atoms with Gasteiger partial charge in [-0.05, 0) is 30.9 Å². The maximum absolute atomic E-state index is 9.23. The van der Waals surface area contributed by atoms with E-state index in [0.717, 1.165) is 24.9 Å². The Hall–Kier alpha value is -1.59. The summed E-state index contributed by atoms with van der Waals surface area (Å²) in [6.45, 7) is 1.49. The van der Waals surface area contributed by atoms with E-state index in [9.17, 15) is 5.11 Å². The van der Waals surface area contributed by atoms with Gasteiger partial charge in [0.2, 0.25) is 0 Å². The van der Waals surface area contributed by atoms with Crippen molar-refractivity contribution in [2.24, 2.45) is 16.8 Å². The van der Waals surface area contributed by atoms with Gasteiger partial charge in [0.05, 0.1) is 12.0 Å². The first-order valence-corrected chi connectivity index (χ1v) is 6.62. The third-order valence-corrected chi connectivity index (χ3v) is 3.67. The quantitative estimate of drug-likeness (QED) is 0.265. The first-order valence-electron chi connectivity index (χ1n) is 6.62. The van der Waals surface area contributed by atoms with Crippen molar-refractivity contribution in [3.05, 3.63) is 35.9 Å². The molecule has 0 saturated heterocycles. The molecular formula is C14H21N3O2. The van der Waals surface area contributed by atoms with Gasteiger partial charge in [0.25, 0.3) is 0 Å². The van der Waals surface area contributed by atoms with Crippen LogP contribution in [0.3, 0.4) is 0 Å². The van der Waals surface area contributed by atoms with Crippen LogP contribution in [0.5, 0.6) is 0 Å². The molecule has 1 aliphatic rings. The summed E-state index contributed by atoms with van der Waals surface area (Å²) in [5, 5.41) is 24.6. The highest BCUT2D eigenvalue weighted by atomic mass is 16.4. The molecule has 2 rings (SSSR count). The van der Waals surface area contributed by atoms with Crippen LogP contribution in [0, 0.1) is 5.92 Å². The van der Waals surface area contributed by atoms with E-state index >= 15 is 0 Å². The Morgan fingerprint density at radius 2 is 2.05 bits per heavy atom. The van der Waals surface area contributed by atoms with Crippen molar-refractivity contribution in [3.63, 3.8) is 0 Å². The van der Waals surface area contributed by atoms with E-state index in [0.29, 0.717) is 12.5 Å². The van der Waals surface area contributed by atoms with Crippen LogP contribution in [0.25, 0.3) is 0 Å². The highest BCUT2D eigenvalue weighted by Crippen LogP contribution is 2.26. The summed E-state index contributed by atoms with van der Waals surface area (Å²) in [5.41, 5.74) is 6.78. The largest absolute Gasteiger partial charge is 0.409 e. The molecule has 0 spiro atoms. The van der Waals surface area contributed by atoms with E-state index in [1.165, 1.54) is 0 Å². The van der Waals surface area contributed by atoms with E-state index < -0.39 is 0 Å². The number of benzene rings is 1. The Balaban J connectivity index is 1.88. The van der Waals surface area contributed by atoms with Gasteiger partial charge in [0.15, 0.2) is 0 Å². The lowest BCUT2D eigenvalue weighted by atomic mass is 9.82. The molecule has 1 aromatic rings. The number of rotatable bonds is 6. The number of hydrogen-bond donors (Lipinski definition) is 4. The summed E-state index contributed by atoms with van der Waals surface area (Å²) in [5.74, 6) is 0.627. The summed E-state index contributed by atoms with van der Waals surface area (Å²) in [7, 11) is 0. The number of hydrogen-bond acceptors (Lipinski definition) is 4. The van der Waals surface area contributed by atoms with E-state index in [-0.39, 0.29) is 17.9 Å². The molecule has 1 atom stereocenters. The molecule has 0 amide bonds. The number of nitrogens with one attached hydrogen (secondary N) is 1. The molecule has 1 aromatic carbocycles. The minimum Gasteiger partial charge on any atom is -0.409 e. The average Bonchev–Trinajstić information content (AvgIpc) is 2.41. The Kier molecular flexibility index (Phi) is 4.76. The highest BCUT2D eigenvalue weighted by molar-refractivity contribution is 5.87. The topological polar surface area (TPSA) is 90.9 Å². The molecule has 104 valence electrons. The van der Waals surface area contributed by atoms with Crippen molar-refractivity contribution in [3.8, 4) is 0 Å². The standard InChI is InChI=1S/C14H21N3O2/c15-14(17-19)13(11-4-2-1-3-5-11)9-16-8-10-6-12(18)7-10/h1-5,10,12-13,16,18-19H,6-9H2,(H2,15,17). The first-order chi connectivity index (χ1) is 9.20. The average molecular weight is 263 g/mol. The van der Waals surface area contributed by atoms with Crippen molar-refractivity contribution in [1.82, 2.24) is 5.32 Å². The van der Waals surface area contributed by atoms with E-state index in [1.807, 2.05) is 30.3 Å². The van der Waals surface area contributed by atoms with Crippen molar-refractivity contribution in [1.29, 1.82) is 0 Å². The van der Waals surface area contributed by atoms with E-state index in [2.05, 4.69) is 10.5 Å². The van der Waals surface area contributed by atoms with Crippen LogP contribution in [-0.4, -0.2) is 35.3 Å². The lowest BCUT2D eigenvalue weighted by molar-refractivity contribution is 0.0431. The Morgan fingerprint density at radius 1 is 1.37 bits per heavy atom. The Labute approximate surface area is 113 Å². The van der Waals surface area contributed by atoms with Crippen molar-refractivity contribution >= 4 is 5.84 Å². The van der Waals surface area contributed by atoms with Crippen LogP contribution < -0.4 is 11.1 Å². The Morgan fingerprint density at radius 3 is 2.63 bits per heavy atom. The third-order valence-electron chi connectivity index (χ3n) is 3.67. The predicted molar refractivity (Wildman–Crippen MR) is 74.2 cm³/mol. The summed E-state index contributed by atoms with van der Waals surface area (Å²) < 4.78 is 0. The smallest absolute Gasteiger partial charge is 0.147 e. The number of nitrogens with zero attached hydrogens (tertiary/aromatic N) is 1.